The molecule has 0 radical (unpaired) electrons. The molecule has 1 aromatic rings. The van der Waals surface area contributed by atoms with E-state index in [4.69, 9.17) is 14.3 Å². The number of furan rings is 1. The van der Waals surface area contributed by atoms with E-state index in [9.17, 15) is 9.59 Å². The minimum absolute atomic E-state index is 0.0550. The first-order valence-electron chi connectivity index (χ1n) is 3.96. The van der Waals surface area contributed by atoms with Crippen molar-refractivity contribution in [1.29, 1.82) is 0 Å². The highest BCUT2D eigenvalue weighted by atomic mass is 16.5. The molecule has 0 unspecified atom stereocenters. The molecule has 0 bridgehead atoms. The second kappa shape index (κ2) is 4.57. The quantitative estimate of drug-likeness (QED) is 0.566. The summed E-state index contributed by atoms with van der Waals surface area (Å²) >= 11 is 0. The average molecular weight is 198 g/mol. The molecular weight excluding hydrogens is 188 g/mol. The van der Waals surface area contributed by atoms with Crippen LogP contribution in [0.2, 0.25) is 0 Å². The Morgan fingerprint density at radius 1 is 1.50 bits per heavy atom. The maximum atomic E-state index is 11.2. The summed E-state index contributed by atoms with van der Waals surface area (Å²) in [4.78, 5) is 21.4. The summed E-state index contributed by atoms with van der Waals surface area (Å²) in [5, 5.41) is 8.37. The molecule has 0 atom stereocenters. The molecule has 5 heteroatoms. The lowest BCUT2D eigenvalue weighted by atomic mass is 10.2. The van der Waals surface area contributed by atoms with E-state index in [-0.39, 0.29) is 12.4 Å². The van der Waals surface area contributed by atoms with Crippen LogP contribution in [0.4, 0.5) is 0 Å². The second-order valence-corrected chi connectivity index (χ2v) is 2.69. The number of ketones is 1. The van der Waals surface area contributed by atoms with Crippen LogP contribution in [-0.2, 0) is 16.1 Å². The van der Waals surface area contributed by atoms with Gasteiger partial charge in [-0.05, 0) is 12.1 Å². The van der Waals surface area contributed by atoms with Gasteiger partial charge in [-0.2, -0.15) is 0 Å². The smallest absolute Gasteiger partial charge is 0.311 e. The fraction of sp³-hybridized carbons (Fsp3) is 0.333. The molecule has 0 aromatic carbocycles. The first kappa shape index (κ1) is 10.5. The maximum absolute atomic E-state index is 11.2. The minimum Gasteiger partial charge on any atom is -0.481 e. The molecule has 14 heavy (non-hydrogen) atoms. The van der Waals surface area contributed by atoms with Crippen molar-refractivity contribution >= 4 is 11.8 Å². The van der Waals surface area contributed by atoms with Crippen molar-refractivity contribution < 1.29 is 23.8 Å². The first-order valence-corrected chi connectivity index (χ1v) is 3.96. The van der Waals surface area contributed by atoms with E-state index in [0.717, 1.165) is 0 Å². The lowest BCUT2D eigenvalue weighted by molar-refractivity contribution is -0.135. The highest BCUT2D eigenvalue weighted by Crippen LogP contribution is 2.10. The lowest BCUT2D eigenvalue weighted by Gasteiger charge is -1.93. The Labute approximate surface area is 80.3 Å². The SMILES string of the molecule is COCc1ccc(C(=O)CC(=O)O)o1. The molecule has 0 aliphatic heterocycles. The van der Waals surface area contributed by atoms with Crippen molar-refractivity contribution in [3.63, 3.8) is 0 Å². The number of Topliss-reactive ketones (excluding diaryl/α,β-unsaturated/α-hetero) is 1. The molecule has 0 saturated heterocycles. The van der Waals surface area contributed by atoms with E-state index < -0.39 is 18.2 Å². The largest absolute Gasteiger partial charge is 0.481 e. The monoisotopic (exact) mass is 198 g/mol. The zero-order valence-corrected chi connectivity index (χ0v) is 7.65. The van der Waals surface area contributed by atoms with Crippen LogP contribution in [0.3, 0.4) is 0 Å². The Bertz CT molecular complexity index is 339. The summed E-state index contributed by atoms with van der Waals surface area (Å²) in [6.07, 6.45) is -0.556. The number of hydrogen-bond acceptors (Lipinski definition) is 4. The molecule has 0 amide bonds. The van der Waals surface area contributed by atoms with Gasteiger partial charge in [-0.25, -0.2) is 0 Å². The van der Waals surface area contributed by atoms with E-state index in [1.54, 1.807) is 6.07 Å². The summed E-state index contributed by atoms with van der Waals surface area (Å²) in [7, 11) is 1.50. The summed E-state index contributed by atoms with van der Waals surface area (Å²) in [5.74, 6) is -1.15. The Hall–Kier alpha value is -1.62. The van der Waals surface area contributed by atoms with Crippen LogP contribution >= 0.6 is 0 Å². The van der Waals surface area contributed by atoms with Crippen LogP contribution in [0.15, 0.2) is 16.5 Å². The van der Waals surface area contributed by atoms with Crippen molar-refractivity contribution in [1.82, 2.24) is 0 Å². The number of aliphatic carboxylic acids is 1. The molecule has 0 spiro atoms. The van der Waals surface area contributed by atoms with Crippen molar-refractivity contribution in [3.05, 3.63) is 23.7 Å². The summed E-state index contributed by atoms with van der Waals surface area (Å²) in [6.45, 7) is 0.264. The molecule has 0 aliphatic carbocycles. The Kier molecular flexibility index (Phi) is 3.41. The first-order chi connectivity index (χ1) is 6.63. The number of carboxylic acid groups (broad SMARTS) is 1. The number of ether oxygens (including phenoxy) is 1. The van der Waals surface area contributed by atoms with Crippen molar-refractivity contribution in [2.24, 2.45) is 0 Å². The fourth-order valence-corrected chi connectivity index (χ4v) is 0.972. The topological polar surface area (TPSA) is 76.7 Å². The lowest BCUT2D eigenvalue weighted by Crippen LogP contribution is -2.05. The van der Waals surface area contributed by atoms with Gasteiger partial charge in [-0.15, -0.1) is 0 Å². The molecule has 1 aromatic heterocycles. The summed E-state index contributed by atoms with van der Waals surface area (Å²) in [6, 6.07) is 3.03. The van der Waals surface area contributed by atoms with Crippen LogP contribution in [0, 0.1) is 0 Å². The highest BCUT2D eigenvalue weighted by molar-refractivity contribution is 6.03. The van der Waals surface area contributed by atoms with E-state index >= 15 is 0 Å². The van der Waals surface area contributed by atoms with Crippen molar-refractivity contribution in [2.45, 2.75) is 13.0 Å². The average Bonchev–Trinajstić information content (AvgIpc) is 2.52. The van der Waals surface area contributed by atoms with Crippen molar-refractivity contribution in [3.8, 4) is 0 Å². The summed E-state index contributed by atoms with van der Waals surface area (Å²) in [5.41, 5.74) is 0. The molecule has 0 fully saturated rings. The highest BCUT2D eigenvalue weighted by Gasteiger charge is 2.14. The van der Waals surface area contributed by atoms with Gasteiger partial charge in [0.2, 0.25) is 5.78 Å². The molecule has 1 rings (SSSR count). The standard InChI is InChI=1S/C9H10O5/c1-13-5-6-2-3-8(14-6)7(10)4-9(11)12/h2-3H,4-5H2,1H3,(H,11,12). The van der Waals surface area contributed by atoms with Gasteiger partial charge in [0, 0.05) is 7.11 Å². The Morgan fingerprint density at radius 3 is 2.79 bits per heavy atom. The van der Waals surface area contributed by atoms with Crippen LogP contribution in [-0.4, -0.2) is 24.0 Å². The molecule has 0 saturated carbocycles. The minimum atomic E-state index is -1.17. The van der Waals surface area contributed by atoms with Gasteiger partial charge < -0.3 is 14.3 Å². The predicted octanol–water partition coefficient (Wildman–Crippen LogP) is 1.08. The fourth-order valence-electron chi connectivity index (χ4n) is 0.972. The van der Waals surface area contributed by atoms with Gasteiger partial charge in [0.1, 0.15) is 18.8 Å². The van der Waals surface area contributed by atoms with Gasteiger partial charge in [0.05, 0.1) is 0 Å². The zero-order valence-electron chi connectivity index (χ0n) is 7.65. The van der Waals surface area contributed by atoms with Crippen LogP contribution in [0.1, 0.15) is 22.7 Å². The third-order valence-corrected chi connectivity index (χ3v) is 1.53. The van der Waals surface area contributed by atoms with Crippen LogP contribution in [0.25, 0.3) is 0 Å². The predicted molar refractivity (Wildman–Crippen MR) is 46.0 cm³/mol. The van der Waals surface area contributed by atoms with E-state index in [1.165, 1.54) is 13.2 Å². The molecule has 1 heterocycles. The van der Waals surface area contributed by atoms with Crippen LogP contribution in [0.5, 0.6) is 0 Å². The number of carboxylic acids is 1. The third kappa shape index (κ3) is 2.70. The number of methoxy groups -OCH3 is 1. The number of carbonyl (C=O) groups excluding carboxylic acids is 1. The molecular formula is C9H10O5. The number of carbonyl (C=O) groups is 2. The second-order valence-electron chi connectivity index (χ2n) is 2.69. The molecule has 1 N–H and O–H groups in total. The molecule has 76 valence electrons. The molecule has 0 aliphatic rings. The third-order valence-electron chi connectivity index (χ3n) is 1.53. The summed E-state index contributed by atoms with van der Waals surface area (Å²) < 4.78 is 9.83. The molecule has 5 nitrogen and oxygen atoms in total. The van der Waals surface area contributed by atoms with E-state index in [1.807, 2.05) is 0 Å². The number of rotatable bonds is 5. The van der Waals surface area contributed by atoms with Gasteiger partial charge in [-0.3, -0.25) is 9.59 Å². The van der Waals surface area contributed by atoms with Gasteiger partial charge >= 0.3 is 5.97 Å². The zero-order chi connectivity index (χ0) is 10.6. The van der Waals surface area contributed by atoms with E-state index in [0.29, 0.717) is 5.76 Å². The van der Waals surface area contributed by atoms with E-state index in [2.05, 4.69) is 0 Å². The Morgan fingerprint density at radius 2 is 2.21 bits per heavy atom. The van der Waals surface area contributed by atoms with Gasteiger partial charge in [0.15, 0.2) is 5.76 Å². The number of hydrogen-bond donors (Lipinski definition) is 1. The van der Waals surface area contributed by atoms with Crippen LogP contribution < -0.4 is 0 Å². The van der Waals surface area contributed by atoms with Gasteiger partial charge in [-0.1, -0.05) is 0 Å². The maximum Gasteiger partial charge on any atom is 0.311 e. The van der Waals surface area contributed by atoms with Gasteiger partial charge in [0.25, 0.3) is 0 Å². The normalized spacial score (nSPS) is 10.1. The van der Waals surface area contributed by atoms with Crippen molar-refractivity contribution in [2.75, 3.05) is 7.11 Å². The Balaban J connectivity index is 2.66.